The fourth-order valence-corrected chi connectivity index (χ4v) is 1.48. The molecule has 0 aromatic heterocycles. The Morgan fingerprint density at radius 1 is 1.58 bits per heavy atom. The largest absolute Gasteiger partial charge is 0.496 e. The molecule has 0 fully saturated rings. The lowest BCUT2D eigenvalue weighted by atomic mass is 10.1. The molecule has 1 rings (SSSR count). The van der Waals surface area contributed by atoms with Crippen molar-refractivity contribution < 1.29 is 14.5 Å². The van der Waals surface area contributed by atoms with E-state index in [-0.39, 0.29) is 30.6 Å². The van der Waals surface area contributed by atoms with E-state index in [1.54, 1.807) is 6.92 Å². The first-order valence-corrected chi connectivity index (χ1v) is 5.78. The van der Waals surface area contributed by atoms with Gasteiger partial charge >= 0.3 is 0 Å². The molecular weight excluding hydrogens is 250 g/mol. The van der Waals surface area contributed by atoms with E-state index in [2.05, 4.69) is 5.32 Å². The Morgan fingerprint density at radius 2 is 2.26 bits per heavy atom. The van der Waals surface area contributed by atoms with Crippen LogP contribution in [0.2, 0.25) is 0 Å². The lowest BCUT2D eigenvalue weighted by molar-refractivity contribution is -0.384. The normalized spacial score (nSPS) is 11.7. The standard InChI is InChI=1S/C12H17N3O4/c1-8(6-13)12(16)14-7-9-5-10(15(17)18)3-4-11(9)19-2/h3-5,8H,6-7,13H2,1-2H3,(H,14,16). The topological polar surface area (TPSA) is 107 Å². The summed E-state index contributed by atoms with van der Waals surface area (Å²) in [5.74, 6) is -0.00736. The number of nitrogens with one attached hydrogen (secondary N) is 1. The van der Waals surface area contributed by atoms with Crippen molar-refractivity contribution >= 4 is 11.6 Å². The molecule has 7 nitrogen and oxygen atoms in total. The van der Waals surface area contributed by atoms with Crippen LogP contribution in [0.4, 0.5) is 5.69 Å². The van der Waals surface area contributed by atoms with Crippen LogP contribution in [0.15, 0.2) is 18.2 Å². The van der Waals surface area contributed by atoms with Crippen molar-refractivity contribution in [3.8, 4) is 5.75 Å². The number of rotatable bonds is 6. The minimum atomic E-state index is -0.493. The zero-order valence-corrected chi connectivity index (χ0v) is 10.9. The molecule has 1 aromatic rings. The first kappa shape index (κ1) is 14.9. The summed E-state index contributed by atoms with van der Waals surface area (Å²) in [7, 11) is 1.47. The number of carbonyl (C=O) groups is 1. The molecular formula is C12H17N3O4. The third kappa shape index (κ3) is 3.92. The van der Waals surface area contributed by atoms with Gasteiger partial charge in [-0.25, -0.2) is 0 Å². The van der Waals surface area contributed by atoms with Gasteiger partial charge < -0.3 is 15.8 Å². The first-order valence-electron chi connectivity index (χ1n) is 5.78. The predicted octanol–water partition coefficient (Wildman–Crippen LogP) is 0.814. The second-order valence-corrected chi connectivity index (χ2v) is 4.11. The summed E-state index contributed by atoms with van der Waals surface area (Å²) in [5, 5.41) is 13.4. The Labute approximate surface area is 110 Å². The molecule has 7 heteroatoms. The molecule has 1 atom stereocenters. The Bertz CT molecular complexity index is 476. The van der Waals surface area contributed by atoms with Gasteiger partial charge in [0.25, 0.3) is 5.69 Å². The summed E-state index contributed by atoms with van der Waals surface area (Å²) in [6, 6.07) is 4.24. The van der Waals surface area contributed by atoms with Gasteiger partial charge in [-0.05, 0) is 6.07 Å². The van der Waals surface area contributed by atoms with Crippen molar-refractivity contribution in [3.63, 3.8) is 0 Å². The van der Waals surface area contributed by atoms with E-state index in [0.717, 1.165) is 0 Å². The number of nitro groups is 1. The van der Waals surface area contributed by atoms with Crippen LogP contribution >= 0.6 is 0 Å². The number of methoxy groups -OCH3 is 1. The van der Waals surface area contributed by atoms with Crippen LogP contribution in [-0.4, -0.2) is 24.5 Å². The maximum Gasteiger partial charge on any atom is 0.270 e. The van der Waals surface area contributed by atoms with Gasteiger partial charge in [-0.15, -0.1) is 0 Å². The average molecular weight is 267 g/mol. The Kier molecular flexibility index (Phi) is 5.25. The SMILES string of the molecule is COc1ccc([N+](=O)[O-])cc1CNC(=O)C(C)CN. The quantitative estimate of drug-likeness (QED) is 0.586. The molecule has 0 aliphatic heterocycles. The summed E-state index contributed by atoms with van der Waals surface area (Å²) in [4.78, 5) is 21.8. The van der Waals surface area contributed by atoms with Crippen molar-refractivity contribution in [2.45, 2.75) is 13.5 Å². The molecule has 0 saturated carbocycles. The number of hydrogen-bond donors (Lipinski definition) is 2. The van der Waals surface area contributed by atoms with E-state index in [9.17, 15) is 14.9 Å². The van der Waals surface area contributed by atoms with Crippen molar-refractivity contribution in [1.82, 2.24) is 5.32 Å². The van der Waals surface area contributed by atoms with E-state index in [0.29, 0.717) is 11.3 Å². The summed E-state index contributed by atoms with van der Waals surface area (Å²) in [6.07, 6.45) is 0. The van der Waals surface area contributed by atoms with Gasteiger partial charge in [0, 0.05) is 36.7 Å². The van der Waals surface area contributed by atoms with Crippen molar-refractivity contribution in [2.75, 3.05) is 13.7 Å². The van der Waals surface area contributed by atoms with E-state index in [1.165, 1.54) is 25.3 Å². The second-order valence-electron chi connectivity index (χ2n) is 4.11. The molecule has 104 valence electrons. The predicted molar refractivity (Wildman–Crippen MR) is 69.7 cm³/mol. The number of amides is 1. The first-order chi connectivity index (χ1) is 8.99. The Morgan fingerprint density at radius 3 is 2.79 bits per heavy atom. The third-order valence-corrected chi connectivity index (χ3v) is 2.73. The summed E-state index contributed by atoms with van der Waals surface area (Å²) < 4.78 is 5.10. The fraction of sp³-hybridized carbons (Fsp3) is 0.417. The number of carbonyl (C=O) groups excluding carboxylic acids is 1. The molecule has 0 spiro atoms. The lowest BCUT2D eigenvalue weighted by Crippen LogP contribution is -2.32. The number of nitrogens with zero attached hydrogens (tertiary/aromatic N) is 1. The average Bonchev–Trinajstić information content (AvgIpc) is 2.43. The van der Waals surface area contributed by atoms with Gasteiger partial charge in [0.15, 0.2) is 0 Å². The van der Waals surface area contributed by atoms with E-state index in [1.807, 2.05) is 0 Å². The highest BCUT2D eigenvalue weighted by Gasteiger charge is 2.14. The van der Waals surface area contributed by atoms with Crippen LogP contribution in [-0.2, 0) is 11.3 Å². The van der Waals surface area contributed by atoms with Crippen molar-refractivity contribution in [1.29, 1.82) is 0 Å². The summed E-state index contributed by atoms with van der Waals surface area (Å²) in [5.41, 5.74) is 5.89. The molecule has 0 heterocycles. The monoisotopic (exact) mass is 267 g/mol. The highest BCUT2D eigenvalue weighted by molar-refractivity contribution is 5.78. The molecule has 0 radical (unpaired) electrons. The molecule has 1 unspecified atom stereocenters. The summed E-state index contributed by atoms with van der Waals surface area (Å²) >= 11 is 0. The molecule has 0 aliphatic rings. The number of hydrogen-bond acceptors (Lipinski definition) is 5. The molecule has 3 N–H and O–H groups in total. The molecule has 0 aliphatic carbocycles. The van der Waals surface area contributed by atoms with Gasteiger partial charge in [-0.1, -0.05) is 6.92 Å². The smallest absolute Gasteiger partial charge is 0.270 e. The Balaban J connectivity index is 2.83. The minimum absolute atomic E-state index is 0.0445. The molecule has 19 heavy (non-hydrogen) atoms. The maximum absolute atomic E-state index is 11.6. The minimum Gasteiger partial charge on any atom is -0.496 e. The number of ether oxygens (including phenoxy) is 1. The fourth-order valence-electron chi connectivity index (χ4n) is 1.48. The molecule has 0 saturated heterocycles. The second kappa shape index (κ2) is 6.69. The summed E-state index contributed by atoms with van der Waals surface area (Å²) in [6.45, 7) is 2.12. The van der Waals surface area contributed by atoms with Crippen LogP contribution < -0.4 is 15.8 Å². The van der Waals surface area contributed by atoms with Crippen LogP contribution in [0.3, 0.4) is 0 Å². The highest BCUT2D eigenvalue weighted by atomic mass is 16.6. The van der Waals surface area contributed by atoms with E-state index >= 15 is 0 Å². The van der Waals surface area contributed by atoms with Crippen LogP contribution in [0.25, 0.3) is 0 Å². The zero-order chi connectivity index (χ0) is 14.4. The third-order valence-electron chi connectivity index (χ3n) is 2.73. The number of nitro benzene ring substituents is 1. The van der Waals surface area contributed by atoms with E-state index < -0.39 is 4.92 Å². The number of non-ortho nitro benzene ring substituents is 1. The van der Waals surface area contributed by atoms with Gasteiger partial charge in [0.2, 0.25) is 5.91 Å². The van der Waals surface area contributed by atoms with Gasteiger partial charge in [-0.2, -0.15) is 0 Å². The van der Waals surface area contributed by atoms with E-state index in [4.69, 9.17) is 10.5 Å². The highest BCUT2D eigenvalue weighted by Crippen LogP contribution is 2.23. The van der Waals surface area contributed by atoms with Crippen LogP contribution in [0, 0.1) is 16.0 Å². The van der Waals surface area contributed by atoms with Crippen molar-refractivity contribution in [2.24, 2.45) is 11.7 Å². The van der Waals surface area contributed by atoms with Crippen molar-refractivity contribution in [3.05, 3.63) is 33.9 Å². The van der Waals surface area contributed by atoms with Crippen LogP contribution in [0.5, 0.6) is 5.75 Å². The Hall–Kier alpha value is -2.15. The number of nitrogens with two attached hydrogens (primary N) is 1. The van der Waals surface area contributed by atoms with Gasteiger partial charge in [0.05, 0.1) is 12.0 Å². The zero-order valence-electron chi connectivity index (χ0n) is 10.9. The number of benzene rings is 1. The molecule has 0 bridgehead atoms. The lowest BCUT2D eigenvalue weighted by Gasteiger charge is -2.12. The maximum atomic E-state index is 11.6. The van der Waals surface area contributed by atoms with Gasteiger partial charge in [0.1, 0.15) is 5.75 Å². The van der Waals surface area contributed by atoms with Crippen LogP contribution in [0.1, 0.15) is 12.5 Å². The van der Waals surface area contributed by atoms with Gasteiger partial charge in [-0.3, -0.25) is 14.9 Å². The molecule has 1 aromatic carbocycles. The molecule has 1 amide bonds.